The SMILES string of the molecule is CC(C)n1cc(NS(=O)(=O)c2cccc3nonc23)cn1. The van der Waals surface area contributed by atoms with Gasteiger partial charge in [-0.15, -0.1) is 0 Å². The van der Waals surface area contributed by atoms with E-state index >= 15 is 0 Å². The third-order valence-corrected chi connectivity index (χ3v) is 4.33. The molecule has 0 bridgehead atoms. The Morgan fingerprint density at radius 3 is 2.81 bits per heavy atom. The van der Waals surface area contributed by atoms with Crippen LogP contribution in [0.15, 0.2) is 40.1 Å². The standard InChI is InChI=1S/C12H13N5O3S/c1-8(2)17-7-9(6-13-17)16-21(18,19)11-5-3-4-10-12(11)15-20-14-10/h3-8,16H,1-2H3. The van der Waals surface area contributed by atoms with E-state index in [-0.39, 0.29) is 16.5 Å². The molecule has 1 aromatic carbocycles. The number of fused-ring (bicyclic) bond motifs is 1. The Kier molecular flexibility index (Phi) is 3.13. The largest absolute Gasteiger partial charge is 0.276 e. The first-order valence-corrected chi connectivity index (χ1v) is 7.74. The van der Waals surface area contributed by atoms with Gasteiger partial charge in [-0.3, -0.25) is 9.40 Å². The highest BCUT2D eigenvalue weighted by Gasteiger charge is 2.21. The van der Waals surface area contributed by atoms with Crippen molar-refractivity contribution in [2.45, 2.75) is 24.8 Å². The number of sulfonamides is 1. The molecule has 0 saturated carbocycles. The first-order chi connectivity index (χ1) is 9.97. The maximum absolute atomic E-state index is 12.4. The van der Waals surface area contributed by atoms with Crippen LogP contribution in [-0.2, 0) is 10.0 Å². The van der Waals surface area contributed by atoms with Crippen LogP contribution in [-0.4, -0.2) is 28.5 Å². The minimum absolute atomic E-state index is 0.0125. The van der Waals surface area contributed by atoms with Gasteiger partial charge in [-0.1, -0.05) is 6.07 Å². The molecule has 2 aromatic heterocycles. The van der Waals surface area contributed by atoms with Gasteiger partial charge in [0, 0.05) is 12.2 Å². The summed E-state index contributed by atoms with van der Waals surface area (Å²) >= 11 is 0. The van der Waals surface area contributed by atoms with Crippen LogP contribution < -0.4 is 4.72 Å². The third kappa shape index (κ3) is 2.47. The Bertz CT molecular complexity index is 881. The zero-order valence-electron chi connectivity index (χ0n) is 11.4. The molecule has 0 radical (unpaired) electrons. The van der Waals surface area contributed by atoms with Crippen molar-refractivity contribution in [2.24, 2.45) is 0 Å². The molecule has 0 aliphatic rings. The molecule has 0 aliphatic carbocycles. The molecule has 110 valence electrons. The van der Waals surface area contributed by atoms with E-state index in [2.05, 4.69) is 24.8 Å². The highest BCUT2D eigenvalue weighted by molar-refractivity contribution is 7.93. The first kappa shape index (κ1) is 13.6. The zero-order chi connectivity index (χ0) is 15.0. The smallest absolute Gasteiger partial charge is 0.264 e. The molecule has 0 atom stereocenters. The van der Waals surface area contributed by atoms with Gasteiger partial charge in [0.05, 0.1) is 11.9 Å². The molecule has 0 spiro atoms. The summed E-state index contributed by atoms with van der Waals surface area (Å²) in [6, 6.07) is 4.80. The fourth-order valence-corrected chi connectivity index (χ4v) is 3.06. The van der Waals surface area contributed by atoms with Crippen LogP contribution in [0.4, 0.5) is 5.69 Å². The van der Waals surface area contributed by atoms with Gasteiger partial charge in [0.1, 0.15) is 10.4 Å². The molecule has 3 rings (SSSR count). The van der Waals surface area contributed by atoms with Gasteiger partial charge in [-0.25, -0.2) is 13.0 Å². The molecule has 0 amide bonds. The lowest BCUT2D eigenvalue weighted by atomic mass is 10.3. The maximum Gasteiger partial charge on any atom is 0.264 e. The molecule has 21 heavy (non-hydrogen) atoms. The highest BCUT2D eigenvalue weighted by atomic mass is 32.2. The molecule has 0 saturated heterocycles. The maximum atomic E-state index is 12.4. The van der Waals surface area contributed by atoms with Gasteiger partial charge in [0.25, 0.3) is 10.0 Å². The Hall–Kier alpha value is -2.42. The summed E-state index contributed by atoms with van der Waals surface area (Å²) in [5, 5.41) is 11.4. The van der Waals surface area contributed by atoms with Gasteiger partial charge >= 0.3 is 0 Å². The predicted octanol–water partition coefficient (Wildman–Crippen LogP) is 1.80. The summed E-state index contributed by atoms with van der Waals surface area (Å²) in [5.74, 6) is 0. The fourth-order valence-electron chi connectivity index (χ4n) is 1.88. The van der Waals surface area contributed by atoms with Crippen molar-refractivity contribution in [1.29, 1.82) is 0 Å². The minimum Gasteiger partial charge on any atom is -0.276 e. The van der Waals surface area contributed by atoms with Crippen LogP contribution in [0, 0.1) is 0 Å². The second-order valence-corrected chi connectivity index (χ2v) is 6.45. The summed E-state index contributed by atoms with van der Waals surface area (Å²) in [4.78, 5) is 0.0125. The normalized spacial score (nSPS) is 12.1. The average Bonchev–Trinajstić information content (AvgIpc) is 3.05. The fraction of sp³-hybridized carbons (Fsp3) is 0.250. The van der Waals surface area contributed by atoms with Crippen molar-refractivity contribution in [3.05, 3.63) is 30.6 Å². The van der Waals surface area contributed by atoms with Crippen molar-refractivity contribution >= 4 is 26.7 Å². The van der Waals surface area contributed by atoms with E-state index in [0.29, 0.717) is 11.2 Å². The predicted molar refractivity (Wildman–Crippen MR) is 75.2 cm³/mol. The van der Waals surface area contributed by atoms with Crippen molar-refractivity contribution in [3.8, 4) is 0 Å². The van der Waals surface area contributed by atoms with E-state index in [1.165, 1.54) is 12.3 Å². The topological polar surface area (TPSA) is 103 Å². The van der Waals surface area contributed by atoms with E-state index in [9.17, 15) is 8.42 Å². The van der Waals surface area contributed by atoms with Gasteiger partial charge in [-0.05, 0) is 36.3 Å². The van der Waals surface area contributed by atoms with Crippen molar-refractivity contribution in [1.82, 2.24) is 20.1 Å². The summed E-state index contributed by atoms with van der Waals surface area (Å²) in [7, 11) is -3.79. The lowest BCUT2D eigenvalue weighted by Gasteiger charge is -2.06. The van der Waals surface area contributed by atoms with Crippen LogP contribution in [0.5, 0.6) is 0 Å². The second-order valence-electron chi connectivity index (χ2n) is 4.80. The molecule has 3 aromatic rings. The lowest BCUT2D eigenvalue weighted by molar-refractivity contribution is 0.315. The molecule has 8 nitrogen and oxygen atoms in total. The Labute approximate surface area is 120 Å². The van der Waals surface area contributed by atoms with Gasteiger partial charge in [-0.2, -0.15) is 5.10 Å². The summed E-state index contributed by atoms with van der Waals surface area (Å²) < 4.78 is 33.6. The van der Waals surface area contributed by atoms with Crippen molar-refractivity contribution in [3.63, 3.8) is 0 Å². The van der Waals surface area contributed by atoms with Crippen LogP contribution in [0.2, 0.25) is 0 Å². The molecule has 1 N–H and O–H groups in total. The number of anilines is 1. The quantitative estimate of drug-likeness (QED) is 0.788. The Morgan fingerprint density at radius 1 is 1.29 bits per heavy atom. The second kappa shape index (κ2) is 4.85. The third-order valence-electron chi connectivity index (χ3n) is 2.92. The van der Waals surface area contributed by atoms with E-state index < -0.39 is 10.0 Å². The van der Waals surface area contributed by atoms with E-state index in [1.807, 2.05) is 13.8 Å². The molecule has 0 aliphatic heterocycles. The Balaban J connectivity index is 1.98. The first-order valence-electron chi connectivity index (χ1n) is 6.25. The number of rotatable bonds is 4. The van der Waals surface area contributed by atoms with Crippen LogP contribution >= 0.6 is 0 Å². The molecule has 2 heterocycles. The van der Waals surface area contributed by atoms with Crippen LogP contribution in [0.3, 0.4) is 0 Å². The number of benzene rings is 1. The summed E-state index contributed by atoms with van der Waals surface area (Å²) in [6.45, 7) is 3.90. The lowest BCUT2D eigenvalue weighted by Crippen LogP contribution is -2.13. The summed E-state index contributed by atoms with van der Waals surface area (Å²) in [5.41, 5.74) is 0.967. The van der Waals surface area contributed by atoms with Crippen molar-refractivity contribution < 1.29 is 13.0 Å². The minimum atomic E-state index is -3.79. The number of hydrogen-bond donors (Lipinski definition) is 1. The zero-order valence-corrected chi connectivity index (χ0v) is 12.2. The Morgan fingerprint density at radius 2 is 2.10 bits per heavy atom. The van der Waals surface area contributed by atoms with Crippen LogP contribution in [0.25, 0.3) is 11.0 Å². The number of nitrogens with one attached hydrogen (secondary N) is 1. The summed E-state index contributed by atoms with van der Waals surface area (Å²) in [6.07, 6.45) is 3.09. The molecule has 0 fully saturated rings. The van der Waals surface area contributed by atoms with E-state index in [4.69, 9.17) is 0 Å². The molecule has 9 heteroatoms. The van der Waals surface area contributed by atoms with E-state index in [1.54, 1.807) is 23.0 Å². The monoisotopic (exact) mass is 307 g/mol. The van der Waals surface area contributed by atoms with Gasteiger partial charge < -0.3 is 0 Å². The molecular formula is C12H13N5O3S. The number of hydrogen-bond acceptors (Lipinski definition) is 6. The average molecular weight is 307 g/mol. The van der Waals surface area contributed by atoms with E-state index in [0.717, 1.165) is 0 Å². The molecule has 0 unspecified atom stereocenters. The number of nitrogens with zero attached hydrogens (tertiary/aromatic N) is 4. The van der Waals surface area contributed by atoms with Gasteiger partial charge in [0.15, 0.2) is 5.52 Å². The number of aromatic nitrogens is 4. The van der Waals surface area contributed by atoms with Crippen molar-refractivity contribution in [2.75, 3.05) is 4.72 Å². The molecular weight excluding hydrogens is 294 g/mol. The van der Waals surface area contributed by atoms with Gasteiger partial charge in [0.2, 0.25) is 0 Å². The van der Waals surface area contributed by atoms with Crippen LogP contribution in [0.1, 0.15) is 19.9 Å². The highest BCUT2D eigenvalue weighted by Crippen LogP contribution is 2.22.